The predicted molar refractivity (Wildman–Crippen MR) is 148 cm³/mol. The summed E-state index contributed by atoms with van der Waals surface area (Å²) in [5.41, 5.74) is 2.45. The lowest BCUT2D eigenvalue weighted by Gasteiger charge is -2.36. The van der Waals surface area contributed by atoms with Crippen LogP contribution >= 0.6 is 11.6 Å². The third-order valence-corrected chi connectivity index (χ3v) is 7.24. The number of rotatable bonds is 11. The van der Waals surface area contributed by atoms with Crippen LogP contribution in [0.4, 0.5) is 10.5 Å². The molecule has 0 spiro atoms. The lowest BCUT2D eigenvalue weighted by Crippen LogP contribution is -2.49. The molecule has 4 aromatic rings. The molecular formula is C27H33ClN8O3. The number of benzene rings is 1. The van der Waals surface area contributed by atoms with Crippen LogP contribution in [0.3, 0.4) is 0 Å². The van der Waals surface area contributed by atoms with E-state index in [0.29, 0.717) is 55.1 Å². The fourth-order valence-corrected chi connectivity index (χ4v) is 5.19. The lowest BCUT2D eigenvalue weighted by molar-refractivity contribution is 0.192. The maximum absolute atomic E-state index is 13.7. The van der Waals surface area contributed by atoms with E-state index < -0.39 is 0 Å². The summed E-state index contributed by atoms with van der Waals surface area (Å²) in [5.74, 6) is 2.00. The molecule has 1 aliphatic heterocycles. The van der Waals surface area contributed by atoms with Gasteiger partial charge in [-0.3, -0.25) is 4.90 Å². The van der Waals surface area contributed by atoms with E-state index in [9.17, 15) is 4.79 Å². The molecule has 3 aromatic heterocycles. The van der Waals surface area contributed by atoms with Gasteiger partial charge >= 0.3 is 6.03 Å². The van der Waals surface area contributed by atoms with Gasteiger partial charge in [0.05, 0.1) is 25.3 Å². The van der Waals surface area contributed by atoms with E-state index in [-0.39, 0.29) is 6.03 Å². The molecule has 0 saturated carbocycles. The van der Waals surface area contributed by atoms with E-state index in [4.69, 9.17) is 21.1 Å². The van der Waals surface area contributed by atoms with Crippen LogP contribution in [0.2, 0.25) is 5.02 Å². The Morgan fingerprint density at radius 2 is 1.97 bits per heavy atom. The summed E-state index contributed by atoms with van der Waals surface area (Å²) in [4.78, 5) is 21.9. The molecule has 206 valence electrons. The highest BCUT2D eigenvalue weighted by molar-refractivity contribution is 6.35. The Labute approximate surface area is 232 Å². The maximum atomic E-state index is 13.7. The first kappa shape index (κ1) is 26.7. The molecule has 2 amide bonds. The second kappa shape index (κ2) is 11.9. The first-order chi connectivity index (χ1) is 19.0. The van der Waals surface area contributed by atoms with Crippen molar-refractivity contribution in [2.24, 2.45) is 7.05 Å². The van der Waals surface area contributed by atoms with E-state index in [1.165, 1.54) is 0 Å². The molecular weight excluding hydrogens is 520 g/mol. The minimum atomic E-state index is -0.0611. The topological polar surface area (TPSA) is 103 Å². The van der Waals surface area contributed by atoms with Gasteiger partial charge in [0.25, 0.3) is 0 Å². The molecule has 1 aliphatic rings. The fourth-order valence-electron chi connectivity index (χ4n) is 4.87. The zero-order valence-electron chi connectivity index (χ0n) is 22.5. The molecule has 1 saturated heterocycles. The summed E-state index contributed by atoms with van der Waals surface area (Å²) in [6.45, 7) is 4.90. The first-order valence-corrected chi connectivity index (χ1v) is 13.6. The summed E-state index contributed by atoms with van der Waals surface area (Å²) in [6, 6.07) is 7.52. The smallest absolute Gasteiger partial charge is 0.324 e. The lowest BCUT2D eigenvalue weighted by atomic mass is 10.1. The number of amides is 2. The van der Waals surface area contributed by atoms with Crippen molar-refractivity contribution in [2.75, 3.05) is 31.7 Å². The number of carbonyl (C=O) groups excluding carboxylic acids is 1. The summed E-state index contributed by atoms with van der Waals surface area (Å²) < 4.78 is 15.1. The number of halogens is 1. The average molecular weight is 553 g/mol. The van der Waals surface area contributed by atoms with Crippen LogP contribution < -0.4 is 14.4 Å². The number of anilines is 1. The van der Waals surface area contributed by atoms with E-state index in [1.807, 2.05) is 39.9 Å². The van der Waals surface area contributed by atoms with E-state index in [0.717, 1.165) is 48.0 Å². The van der Waals surface area contributed by atoms with Crippen LogP contribution in [-0.4, -0.2) is 67.5 Å². The molecule has 0 N–H and O–H groups in total. The number of pyridine rings is 1. The summed E-state index contributed by atoms with van der Waals surface area (Å²) in [7, 11) is 3.42. The van der Waals surface area contributed by atoms with Crippen molar-refractivity contribution >= 4 is 34.4 Å². The molecule has 12 heteroatoms. The SMILES string of the molecule is CCCCCOc1cc(N2CCCN(Cc3ccnc4c3c(Cl)cn4Cc3nnnn3C)C2=O)ccc1OC. The Kier molecular flexibility index (Phi) is 8.16. The number of methoxy groups -OCH3 is 1. The second-order valence-electron chi connectivity index (χ2n) is 9.59. The molecule has 0 unspecified atom stereocenters. The Bertz CT molecular complexity index is 1450. The molecule has 1 fully saturated rings. The van der Waals surface area contributed by atoms with Crippen molar-refractivity contribution in [2.45, 2.75) is 45.7 Å². The van der Waals surface area contributed by atoms with Gasteiger partial charge < -0.3 is 18.9 Å². The van der Waals surface area contributed by atoms with Gasteiger partial charge in [-0.1, -0.05) is 31.4 Å². The predicted octanol–water partition coefficient (Wildman–Crippen LogP) is 4.67. The first-order valence-electron chi connectivity index (χ1n) is 13.2. The van der Waals surface area contributed by atoms with Crippen molar-refractivity contribution in [1.82, 2.24) is 34.7 Å². The zero-order chi connectivity index (χ0) is 27.4. The number of fused-ring (bicyclic) bond motifs is 1. The normalized spacial score (nSPS) is 13.9. The number of hydrogen-bond donors (Lipinski definition) is 0. The van der Waals surface area contributed by atoms with E-state index >= 15 is 0 Å². The van der Waals surface area contributed by atoms with Crippen molar-refractivity contribution in [1.29, 1.82) is 0 Å². The maximum Gasteiger partial charge on any atom is 0.324 e. The van der Waals surface area contributed by atoms with Crippen LogP contribution in [0.5, 0.6) is 11.5 Å². The van der Waals surface area contributed by atoms with Gasteiger partial charge in [-0.2, -0.15) is 0 Å². The number of carbonyl (C=O) groups is 1. The van der Waals surface area contributed by atoms with Gasteiger partial charge in [0.2, 0.25) is 0 Å². The van der Waals surface area contributed by atoms with Crippen molar-refractivity contribution in [3.63, 3.8) is 0 Å². The highest BCUT2D eigenvalue weighted by atomic mass is 35.5. The number of aromatic nitrogens is 6. The van der Waals surface area contributed by atoms with Gasteiger partial charge in [-0.05, 0) is 47.0 Å². The highest BCUT2D eigenvalue weighted by Gasteiger charge is 2.28. The molecule has 11 nitrogen and oxygen atoms in total. The van der Waals surface area contributed by atoms with Crippen LogP contribution in [0.1, 0.15) is 44.0 Å². The van der Waals surface area contributed by atoms with Gasteiger partial charge in [0.15, 0.2) is 17.3 Å². The molecule has 4 heterocycles. The third-order valence-electron chi connectivity index (χ3n) is 6.95. The van der Waals surface area contributed by atoms with E-state index in [2.05, 4.69) is 27.4 Å². The number of unbranched alkanes of at least 4 members (excludes halogenated alkanes) is 2. The number of tetrazole rings is 1. The second-order valence-corrected chi connectivity index (χ2v) is 10.00. The van der Waals surface area contributed by atoms with Crippen molar-refractivity contribution < 1.29 is 14.3 Å². The summed E-state index contributed by atoms with van der Waals surface area (Å²) in [6.07, 6.45) is 7.62. The molecule has 0 bridgehead atoms. The van der Waals surface area contributed by atoms with Gasteiger partial charge in [-0.15, -0.1) is 5.10 Å². The average Bonchev–Trinajstić information content (AvgIpc) is 3.50. The number of urea groups is 1. The molecule has 1 aromatic carbocycles. The fraction of sp³-hybridized carbons (Fsp3) is 0.444. The van der Waals surface area contributed by atoms with Crippen molar-refractivity contribution in [3.8, 4) is 11.5 Å². The summed E-state index contributed by atoms with van der Waals surface area (Å²) in [5, 5.41) is 13.1. The number of aryl methyl sites for hydroxylation is 1. The Hall–Kier alpha value is -3.86. The monoisotopic (exact) mass is 552 g/mol. The van der Waals surface area contributed by atoms with Gasteiger partial charge in [0.1, 0.15) is 5.65 Å². The Morgan fingerprint density at radius 1 is 1.10 bits per heavy atom. The van der Waals surface area contributed by atoms with E-state index in [1.54, 1.807) is 29.9 Å². The van der Waals surface area contributed by atoms with Gasteiger partial charge in [0, 0.05) is 56.2 Å². The molecule has 0 atom stereocenters. The number of ether oxygens (including phenoxy) is 2. The van der Waals surface area contributed by atoms with Crippen LogP contribution in [-0.2, 0) is 20.1 Å². The van der Waals surface area contributed by atoms with Crippen LogP contribution in [0.25, 0.3) is 11.0 Å². The third kappa shape index (κ3) is 5.63. The number of nitrogens with zero attached hydrogens (tertiary/aromatic N) is 8. The largest absolute Gasteiger partial charge is 0.493 e. The molecule has 39 heavy (non-hydrogen) atoms. The quantitative estimate of drug-likeness (QED) is 0.249. The van der Waals surface area contributed by atoms with Crippen LogP contribution in [0.15, 0.2) is 36.7 Å². The van der Waals surface area contributed by atoms with Crippen LogP contribution in [0, 0.1) is 0 Å². The Morgan fingerprint density at radius 3 is 2.74 bits per heavy atom. The minimum absolute atomic E-state index is 0.0611. The van der Waals surface area contributed by atoms with Crippen molar-refractivity contribution in [3.05, 3.63) is 53.1 Å². The summed E-state index contributed by atoms with van der Waals surface area (Å²) >= 11 is 6.69. The minimum Gasteiger partial charge on any atom is -0.493 e. The molecule has 0 aliphatic carbocycles. The highest BCUT2D eigenvalue weighted by Crippen LogP contribution is 2.34. The number of hydrogen-bond acceptors (Lipinski definition) is 7. The van der Waals surface area contributed by atoms with Gasteiger partial charge in [-0.25, -0.2) is 14.5 Å². The zero-order valence-corrected chi connectivity index (χ0v) is 23.3. The molecule has 0 radical (unpaired) electrons. The standard InChI is InChI=1S/C27H33ClN8O3/c1-4-5-6-14-39-23-15-20(8-9-22(23)38-3)36-13-7-12-34(27(36)37)16-19-10-11-29-26-25(19)21(28)17-35(26)18-24-30-31-32-33(24)2/h8-11,15,17H,4-7,12-14,16,18H2,1-3H3. The molecule has 5 rings (SSSR count). The Balaban J connectivity index is 1.36.